The van der Waals surface area contributed by atoms with E-state index >= 15 is 0 Å². The average Bonchev–Trinajstić information content (AvgIpc) is 3.18. The van der Waals surface area contributed by atoms with E-state index in [-0.39, 0.29) is 37.9 Å². The van der Waals surface area contributed by atoms with Gasteiger partial charge in [0.2, 0.25) is 5.91 Å². The summed E-state index contributed by atoms with van der Waals surface area (Å²) in [5.74, 6) is -1.03. The number of ether oxygens (including phenoxy) is 3. The van der Waals surface area contributed by atoms with Crippen LogP contribution in [0.5, 0.6) is 0 Å². The molecule has 0 unspecified atom stereocenters. The van der Waals surface area contributed by atoms with E-state index in [4.69, 9.17) is 19.3 Å². The van der Waals surface area contributed by atoms with Crippen molar-refractivity contribution >= 4 is 18.0 Å². The minimum absolute atomic E-state index is 0.0216. The second-order valence-corrected chi connectivity index (χ2v) is 8.07. The summed E-state index contributed by atoms with van der Waals surface area (Å²) in [6.07, 6.45) is 0.154. The van der Waals surface area contributed by atoms with Gasteiger partial charge in [-0.25, -0.2) is 4.79 Å². The lowest BCUT2D eigenvalue weighted by Crippen LogP contribution is -2.29. The molecule has 35 heavy (non-hydrogen) atoms. The van der Waals surface area contributed by atoms with Crippen molar-refractivity contribution < 1.29 is 33.7 Å². The quantitative estimate of drug-likeness (QED) is 0.332. The van der Waals surface area contributed by atoms with Crippen molar-refractivity contribution in [3.63, 3.8) is 0 Å². The van der Waals surface area contributed by atoms with Gasteiger partial charge in [0.1, 0.15) is 6.61 Å². The number of rotatable bonds is 15. The van der Waals surface area contributed by atoms with E-state index in [1.165, 1.54) is 22.3 Å². The van der Waals surface area contributed by atoms with Crippen LogP contribution in [0.1, 0.15) is 36.3 Å². The molecule has 9 heteroatoms. The number of aliphatic carboxylic acids is 1. The molecule has 2 aromatic carbocycles. The highest BCUT2D eigenvalue weighted by atomic mass is 16.6. The van der Waals surface area contributed by atoms with E-state index in [1.54, 1.807) is 0 Å². The third-order valence-corrected chi connectivity index (χ3v) is 5.59. The van der Waals surface area contributed by atoms with Crippen molar-refractivity contribution in [2.75, 3.05) is 46.1 Å². The highest BCUT2D eigenvalue weighted by Gasteiger charge is 2.28. The minimum Gasteiger partial charge on any atom is -0.481 e. The van der Waals surface area contributed by atoms with E-state index in [2.05, 4.69) is 34.9 Å². The highest BCUT2D eigenvalue weighted by Crippen LogP contribution is 2.44. The molecule has 0 atom stereocenters. The topological polar surface area (TPSA) is 123 Å². The van der Waals surface area contributed by atoms with Gasteiger partial charge in [0, 0.05) is 31.8 Å². The van der Waals surface area contributed by atoms with Crippen LogP contribution < -0.4 is 10.6 Å². The lowest BCUT2D eigenvalue weighted by molar-refractivity contribution is -0.137. The monoisotopic (exact) mass is 484 g/mol. The van der Waals surface area contributed by atoms with Gasteiger partial charge in [-0.15, -0.1) is 0 Å². The molecule has 188 valence electrons. The molecule has 1 aliphatic rings. The van der Waals surface area contributed by atoms with Crippen LogP contribution in [0.2, 0.25) is 0 Å². The van der Waals surface area contributed by atoms with Crippen LogP contribution in [0.15, 0.2) is 48.5 Å². The first-order chi connectivity index (χ1) is 17.1. The first kappa shape index (κ1) is 26.2. The SMILES string of the molecule is O=C(O)CCCNC(=O)CCOCCOCCNC(=O)OCC1c2ccccc2-c2ccccc21. The lowest BCUT2D eigenvalue weighted by atomic mass is 9.98. The molecular formula is C26H32N2O7. The van der Waals surface area contributed by atoms with Crippen LogP contribution in [0, 0.1) is 0 Å². The summed E-state index contributed by atoms with van der Waals surface area (Å²) in [4.78, 5) is 34.1. The Hall–Kier alpha value is -3.43. The number of carbonyl (C=O) groups excluding carboxylic acids is 2. The van der Waals surface area contributed by atoms with Crippen molar-refractivity contribution in [3.05, 3.63) is 59.7 Å². The number of benzene rings is 2. The number of hydrogen-bond donors (Lipinski definition) is 3. The molecule has 0 bridgehead atoms. The van der Waals surface area contributed by atoms with Crippen LogP contribution in [-0.4, -0.2) is 69.2 Å². The Labute approximate surface area is 204 Å². The highest BCUT2D eigenvalue weighted by molar-refractivity contribution is 5.79. The third kappa shape index (κ3) is 8.38. The largest absolute Gasteiger partial charge is 0.481 e. The predicted molar refractivity (Wildman–Crippen MR) is 129 cm³/mol. The van der Waals surface area contributed by atoms with Crippen LogP contribution >= 0.6 is 0 Å². The molecule has 0 saturated heterocycles. The summed E-state index contributed by atoms with van der Waals surface area (Å²) in [5, 5.41) is 13.9. The molecular weight excluding hydrogens is 452 g/mol. The van der Waals surface area contributed by atoms with Crippen LogP contribution in [0.25, 0.3) is 11.1 Å². The standard InChI is InChI=1S/C26H32N2O7/c29-24(27-12-5-10-25(30)31)11-14-33-16-17-34-15-13-28-26(32)35-18-23-21-8-3-1-6-19(21)20-7-2-4-9-22(20)23/h1-4,6-9,23H,5,10-18H2,(H,27,29)(H,28,32)(H,30,31). The first-order valence-corrected chi connectivity index (χ1v) is 11.8. The van der Waals surface area contributed by atoms with Gasteiger partial charge in [-0.1, -0.05) is 48.5 Å². The summed E-state index contributed by atoms with van der Waals surface area (Å²) in [5.41, 5.74) is 4.70. The van der Waals surface area contributed by atoms with Crippen LogP contribution in [0.4, 0.5) is 4.79 Å². The zero-order chi connectivity index (χ0) is 24.9. The maximum atomic E-state index is 12.1. The number of carbonyl (C=O) groups is 3. The summed E-state index contributed by atoms with van der Waals surface area (Å²) in [6.45, 7) is 2.16. The fourth-order valence-electron chi connectivity index (χ4n) is 3.92. The Balaban J connectivity index is 1.21. The Bertz CT molecular complexity index is 950. The Morgan fingerprint density at radius 2 is 1.40 bits per heavy atom. The van der Waals surface area contributed by atoms with Crippen molar-refractivity contribution in [1.82, 2.24) is 10.6 Å². The van der Waals surface area contributed by atoms with Gasteiger partial charge < -0.3 is 30.0 Å². The molecule has 0 saturated carbocycles. The number of nitrogens with one attached hydrogen (secondary N) is 2. The molecule has 0 spiro atoms. The minimum atomic E-state index is -0.879. The molecule has 1 aliphatic carbocycles. The molecule has 3 N–H and O–H groups in total. The molecule has 9 nitrogen and oxygen atoms in total. The zero-order valence-electron chi connectivity index (χ0n) is 19.7. The normalized spacial score (nSPS) is 12.0. The summed E-state index contributed by atoms with van der Waals surface area (Å²) in [6, 6.07) is 16.4. The fraction of sp³-hybridized carbons (Fsp3) is 0.423. The zero-order valence-corrected chi connectivity index (χ0v) is 19.7. The van der Waals surface area contributed by atoms with E-state index in [0.29, 0.717) is 39.3 Å². The first-order valence-electron chi connectivity index (χ1n) is 11.8. The molecule has 0 aromatic heterocycles. The number of amides is 2. The van der Waals surface area contributed by atoms with Crippen molar-refractivity contribution in [1.29, 1.82) is 0 Å². The Morgan fingerprint density at radius 3 is 2.06 bits per heavy atom. The molecule has 0 heterocycles. The summed E-state index contributed by atoms with van der Waals surface area (Å²) < 4.78 is 16.2. The van der Waals surface area contributed by atoms with Crippen LogP contribution in [0.3, 0.4) is 0 Å². The van der Waals surface area contributed by atoms with Gasteiger partial charge in [-0.05, 0) is 28.7 Å². The van der Waals surface area contributed by atoms with E-state index in [1.807, 2.05) is 24.3 Å². The molecule has 2 aromatic rings. The average molecular weight is 485 g/mol. The van der Waals surface area contributed by atoms with Gasteiger partial charge in [0.15, 0.2) is 0 Å². The third-order valence-electron chi connectivity index (χ3n) is 5.59. The molecule has 0 fully saturated rings. The van der Waals surface area contributed by atoms with E-state index in [0.717, 1.165) is 0 Å². The molecule has 0 aliphatic heterocycles. The molecule has 0 radical (unpaired) electrons. The summed E-state index contributed by atoms with van der Waals surface area (Å²) >= 11 is 0. The second-order valence-electron chi connectivity index (χ2n) is 8.07. The fourth-order valence-corrected chi connectivity index (χ4v) is 3.92. The molecule has 2 amide bonds. The van der Waals surface area contributed by atoms with Gasteiger partial charge in [0.25, 0.3) is 0 Å². The van der Waals surface area contributed by atoms with Crippen LogP contribution in [-0.2, 0) is 23.8 Å². The number of hydrogen-bond acceptors (Lipinski definition) is 6. The van der Waals surface area contributed by atoms with Crippen molar-refractivity contribution in [3.8, 4) is 11.1 Å². The number of alkyl carbamates (subject to hydrolysis) is 1. The van der Waals surface area contributed by atoms with E-state index in [9.17, 15) is 14.4 Å². The number of carboxylic acids is 1. The Morgan fingerprint density at radius 1 is 0.771 bits per heavy atom. The van der Waals surface area contributed by atoms with Crippen molar-refractivity contribution in [2.24, 2.45) is 0 Å². The summed E-state index contributed by atoms with van der Waals surface area (Å²) in [7, 11) is 0. The second kappa shape index (κ2) is 14.1. The maximum Gasteiger partial charge on any atom is 0.407 e. The Kier molecular flexibility index (Phi) is 10.5. The molecule has 3 rings (SSSR count). The predicted octanol–water partition coefficient (Wildman–Crippen LogP) is 2.93. The van der Waals surface area contributed by atoms with Gasteiger partial charge in [0.05, 0.1) is 26.4 Å². The smallest absolute Gasteiger partial charge is 0.407 e. The van der Waals surface area contributed by atoms with Gasteiger partial charge in [-0.3, -0.25) is 9.59 Å². The maximum absolute atomic E-state index is 12.1. The van der Waals surface area contributed by atoms with Crippen molar-refractivity contribution in [2.45, 2.75) is 25.2 Å². The van der Waals surface area contributed by atoms with E-state index < -0.39 is 12.1 Å². The van der Waals surface area contributed by atoms with Gasteiger partial charge in [-0.2, -0.15) is 0 Å². The lowest BCUT2D eigenvalue weighted by Gasteiger charge is -2.14. The number of fused-ring (bicyclic) bond motifs is 3. The van der Waals surface area contributed by atoms with Gasteiger partial charge >= 0.3 is 12.1 Å². The number of carboxylic acid groups (broad SMARTS) is 1.